The second-order valence-electron chi connectivity index (χ2n) is 7.45. The van der Waals surface area contributed by atoms with Gasteiger partial charge in [0.1, 0.15) is 0 Å². The van der Waals surface area contributed by atoms with Crippen LogP contribution < -0.4 is 11.1 Å². The molecule has 9 heteroatoms. The molecule has 32 heavy (non-hydrogen) atoms. The van der Waals surface area contributed by atoms with E-state index in [1.165, 1.54) is 0 Å². The van der Waals surface area contributed by atoms with Gasteiger partial charge in [0.05, 0.1) is 6.10 Å². The number of nitrogens with zero attached hydrogens (tertiary/aromatic N) is 3. The van der Waals surface area contributed by atoms with Crippen LogP contribution >= 0.6 is 23.2 Å². The molecule has 0 aliphatic heterocycles. The Morgan fingerprint density at radius 2 is 1.94 bits per heavy atom. The number of nitrogens with two attached hydrogens (primary N) is 1. The average molecular weight is 470 g/mol. The van der Waals surface area contributed by atoms with E-state index in [4.69, 9.17) is 28.9 Å². The number of anilines is 1. The number of carbonyl (C=O) groups excluding carboxylic acids is 1. The second-order valence-corrected chi connectivity index (χ2v) is 8.29. The number of aryl methyl sites for hydroxylation is 1. The molecule has 1 atom stereocenters. The van der Waals surface area contributed by atoms with Gasteiger partial charge in [0.25, 0.3) is 5.91 Å². The molecule has 0 aliphatic rings. The molecular formula is C23H21Cl2N5O2. The molecule has 1 amide bonds. The Hall–Kier alpha value is -3.13. The van der Waals surface area contributed by atoms with Gasteiger partial charge in [0.2, 0.25) is 5.95 Å². The van der Waals surface area contributed by atoms with Gasteiger partial charge in [-0.1, -0.05) is 35.3 Å². The lowest BCUT2D eigenvalue weighted by atomic mass is 9.99. The zero-order valence-electron chi connectivity index (χ0n) is 17.2. The lowest BCUT2D eigenvalue weighted by Gasteiger charge is -2.14. The monoisotopic (exact) mass is 469 g/mol. The number of fused-ring (bicyclic) bond motifs is 1. The third kappa shape index (κ3) is 4.70. The zero-order chi connectivity index (χ0) is 22.8. The Kier molecular flexibility index (Phi) is 6.32. The smallest absolute Gasteiger partial charge is 0.251 e. The number of benzene rings is 2. The van der Waals surface area contributed by atoms with Crippen molar-refractivity contribution in [2.45, 2.75) is 19.4 Å². The van der Waals surface area contributed by atoms with Crippen LogP contribution in [0.5, 0.6) is 0 Å². The van der Waals surface area contributed by atoms with Crippen LogP contribution in [0, 0.1) is 6.92 Å². The summed E-state index contributed by atoms with van der Waals surface area (Å²) in [6.45, 7) is 2.14. The topological polar surface area (TPSA) is 106 Å². The SMILES string of the molecule is Cc1cc(Cl)c(-c2ccn3nc(N)nc3c2)cc1C(=O)NCCC(O)c1ccc(Cl)cc1. The first-order chi connectivity index (χ1) is 15.3. The summed E-state index contributed by atoms with van der Waals surface area (Å²) in [5, 5.41) is 18.4. The first-order valence-corrected chi connectivity index (χ1v) is 10.7. The van der Waals surface area contributed by atoms with Crippen LogP contribution in [0.2, 0.25) is 10.0 Å². The molecule has 2 heterocycles. The highest BCUT2D eigenvalue weighted by molar-refractivity contribution is 6.33. The van der Waals surface area contributed by atoms with Gasteiger partial charge < -0.3 is 16.2 Å². The van der Waals surface area contributed by atoms with Crippen molar-refractivity contribution in [3.8, 4) is 11.1 Å². The van der Waals surface area contributed by atoms with Gasteiger partial charge in [-0.15, -0.1) is 5.10 Å². The van der Waals surface area contributed by atoms with E-state index >= 15 is 0 Å². The number of rotatable bonds is 6. The van der Waals surface area contributed by atoms with Crippen molar-refractivity contribution in [2.75, 3.05) is 12.3 Å². The highest BCUT2D eigenvalue weighted by atomic mass is 35.5. The number of aromatic nitrogens is 3. The molecule has 0 saturated heterocycles. The van der Waals surface area contributed by atoms with Crippen molar-refractivity contribution in [2.24, 2.45) is 0 Å². The van der Waals surface area contributed by atoms with E-state index in [1.54, 1.807) is 47.1 Å². The van der Waals surface area contributed by atoms with Gasteiger partial charge in [0, 0.05) is 33.9 Å². The molecule has 0 aliphatic carbocycles. The summed E-state index contributed by atoms with van der Waals surface area (Å²) < 4.78 is 1.57. The summed E-state index contributed by atoms with van der Waals surface area (Å²) in [6.07, 6.45) is 1.41. The first kappa shape index (κ1) is 22.1. The number of aliphatic hydroxyl groups excluding tert-OH is 1. The predicted octanol–water partition coefficient (Wildman–Crippen LogP) is 4.45. The van der Waals surface area contributed by atoms with Crippen LogP contribution in [0.3, 0.4) is 0 Å². The molecule has 1 unspecified atom stereocenters. The van der Waals surface area contributed by atoms with Crippen LogP contribution in [0.4, 0.5) is 5.95 Å². The summed E-state index contributed by atoms with van der Waals surface area (Å²) in [7, 11) is 0. The fourth-order valence-electron chi connectivity index (χ4n) is 3.47. The van der Waals surface area contributed by atoms with Crippen LogP contribution in [0.25, 0.3) is 16.8 Å². The molecule has 2 aromatic heterocycles. The Morgan fingerprint density at radius 3 is 2.69 bits per heavy atom. The summed E-state index contributed by atoms with van der Waals surface area (Å²) >= 11 is 12.4. The highest BCUT2D eigenvalue weighted by Crippen LogP contribution is 2.31. The van der Waals surface area contributed by atoms with Gasteiger partial charge in [-0.2, -0.15) is 4.98 Å². The largest absolute Gasteiger partial charge is 0.388 e. The van der Waals surface area contributed by atoms with Crippen molar-refractivity contribution in [1.29, 1.82) is 0 Å². The molecule has 4 aromatic rings. The standard InChI is InChI=1S/C23H21Cl2N5O2/c1-13-10-19(25)18(15-7-9-30-21(11-15)28-23(26)29-30)12-17(13)22(32)27-8-6-20(31)14-2-4-16(24)5-3-14/h2-5,7,9-12,20,31H,6,8H2,1H3,(H2,26,29)(H,27,32). The summed E-state index contributed by atoms with van der Waals surface area (Å²) in [6, 6.07) is 14.1. The van der Waals surface area contributed by atoms with Crippen molar-refractivity contribution in [1.82, 2.24) is 19.9 Å². The quantitative estimate of drug-likeness (QED) is 0.386. The Bertz CT molecular complexity index is 1290. The summed E-state index contributed by atoms with van der Waals surface area (Å²) in [5.41, 5.74) is 9.74. The predicted molar refractivity (Wildman–Crippen MR) is 126 cm³/mol. The van der Waals surface area contributed by atoms with E-state index in [0.717, 1.165) is 16.7 Å². The lowest BCUT2D eigenvalue weighted by Crippen LogP contribution is -2.26. The normalized spacial score (nSPS) is 12.1. The molecule has 2 aromatic carbocycles. The lowest BCUT2D eigenvalue weighted by molar-refractivity contribution is 0.0942. The number of amides is 1. The second kappa shape index (κ2) is 9.16. The van der Waals surface area contributed by atoms with E-state index in [1.807, 2.05) is 19.1 Å². The van der Waals surface area contributed by atoms with Crippen molar-refractivity contribution in [3.05, 3.63) is 81.5 Å². The van der Waals surface area contributed by atoms with Crippen LogP contribution in [-0.4, -0.2) is 32.2 Å². The Morgan fingerprint density at radius 1 is 1.19 bits per heavy atom. The number of pyridine rings is 1. The minimum Gasteiger partial charge on any atom is -0.388 e. The number of nitrogen functional groups attached to an aromatic ring is 1. The molecule has 4 rings (SSSR count). The van der Waals surface area contributed by atoms with Crippen molar-refractivity contribution >= 4 is 40.7 Å². The molecule has 0 saturated carbocycles. The van der Waals surface area contributed by atoms with E-state index in [2.05, 4.69) is 15.4 Å². The van der Waals surface area contributed by atoms with Gasteiger partial charge in [-0.05, 0) is 66.4 Å². The van der Waals surface area contributed by atoms with Crippen LogP contribution in [0.1, 0.15) is 34.0 Å². The van der Waals surface area contributed by atoms with Crippen molar-refractivity contribution in [3.63, 3.8) is 0 Å². The van der Waals surface area contributed by atoms with Crippen LogP contribution in [0.15, 0.2) is 54.7 Å². The third-order valence-corrected chi connectivity index (χ3v) is 5.75. The Labute approximate surface area is 194 Å². The van der Waals surface area contributed by atoms with Gasteiger partial charge in [0.15, 0.2) is 5.65 Å². The molecular weight excluding hydrogens is 449 g/mol. The fourth-order valence-corrected chi connectivity index (χ4v) is 3.93. The minimum atomic E-state index is -0.697. The van der Waals surface area contributed by atoms with E-state index < -0.39 is 6.10 Å². The third-order valence-electron chi connectivity index (χ3n) is 5.18. The van der Waals surface area contributed by atoms with Gasteiger partial charge in [-0.3, -0.25) is 4.79 Å². The number of nitrogens with one attached hydrogen (secondary N) is 1. The average Bonchev–Trinajstić information content (AvgIpc) is 3.13. The van der Waals surface area contributed by atoms with Gasteiger partial charge >= 0.3 is 0 Å². The van der Waals surface area contributed by atoms with E-state index in [9.17, 15) is 9.90 Å². The maximum Gasteiger partial charge on any atom is 0.251 e. The molecule has 164 valence electrons. The number of hydrogen-bond donors (Lipinski definition) is 3. The molecule has 4 N–H and O–H groups in total. The number of hydrogen-bond acceptors (Lipinski definition) is 5. The summed E-state index contributed by atoms with van der Waals surface area (Å²) in [5.74, 6) is -0.0606. The van der Waals surface area contributed by atoms with E-state index in [-0.39, 0.29) is 11.9 Å². The summed E-state index contributed by atoms with van der Waals surface area (Å²) in [4.78, 5) is 17.0. The molecule has 0 radical (unpaired) electrons. The molecule has 7 nitrogen and oxygen atoms in total. The zero-order valence-corrected chi connectivity index (χ0v) is 18.7. The number of halogens is 2. The first-order valence-electron chi connectivity index (χ1n) is 9.96. The van der Waals surface area contributed by atoms with Crippen molar-refractivity contribution < 1.29 is 9.90 Å². The number of aliphatic hydroxyl groups is 1. The Balaban J connectivity index is 1.50. The van der Waals surface area contributed by atoms with Gasteiger partial charge in [-0.25, -0.2) is 4.52 Å². The number of carbonyl (C=O) groups is 1. The maximum absolute atomic E-state index is 12.8. The maximum atomic E-state index is 12.8. The fraction of sp³-hybridized carbons (Fsp3) is 0.174. The molecule has 0 fully saturated rings. The van der Waals surface area contributed by atoms with Crippen LogP contribution in [-0.2, 0) is 0 Å². The van der Waals surface area contributed by atoms with E-state index in [0.29, 0.717) is 39.8 Å². The highest BCUT2D eigenvalue weighted by Gasteiger charge is 2.15. The minimum absolute atomic E-state index is 0.179. The molecule has 0 bridgehead atoms. The molecule has 0 spiro atoms.